The lowest BCUT2D eigenvalue weighted by Gasteiger charge is -2.33. The van der Waals surface area contributed by atoms with Crippen LogP contribution in [0.25, 0.3) is 0 Å². The molecule has 4 heteroatoms. The molecule has 0 aromatic heterocycles. The highest BCUT2D eigenvalue weighted by Crippen LogP contribution is 2.31. The third-order valence-electron chi connectivity index (χ3n) is 3.31. The minimum absolute atomic E-state index is 0.143. The molecule has 0 radical (unpaired) electrons. The predicted molar refractivity (Wildman–Crippen MR) is 72.0 cm³/mol. The number of methoxy groups -OCH3 is 1. The Hall–Kier alpha value is -1.52. The fourth-order valence-electron chi connectivity index (χ4n) is 2.35. The largest absolute Gasteiger partial charge is 0.504 e. The quantitative estimate of drug-likeness (QED) is 0.793. The number of hydrogen-bond donors (Lipinski definition) is 2. The first-order valence-corrected chi connectivity index (χ1v) is 6.20. The van der Waals surface area contributed by atoms with Crippen molar-refractivity contribution in [3.05, 3.63) is 36.4 Å². The third kappa shape index (κ3) is 2.66. The van der Waals surface area contributed by atoms with Crippen LogP contribution in [0, 0.1) is 0 Å². The third-order valence-corrected chi connectivity index (χ3v) is 3.31. The summed E-state index contributed by atoms with van der Waals surface area (Å²) in [5.41, 5.74) is 1.05. The Labute approximate surface area is 108 Å². The van der Waals surface area contributed by atoms with Gasteiger partial charge in [0.05, 0.1) is 13.2 Å². The summed E-state index contributed by atoms with van der Waals surface area (Å²) in [7, 11) is 1.55. The van der Waals surface area contributed by atoms with Crippen molar-refractivity contribution in [3.8, 4) is 11.5 Å². The minimum Gasteiger partial charge on any atom is -0.504 e. The first-order chi connectivity index (χ1) is 8.76. The highest BCUT2D eigenvalue weighted by atomic mass is 16.5. The molecule has 1 heterocycles. The van der Waals surface area contributed by atoms with Crippen LogP contribution in [-0.2, 0) is 0 Å². The van der Waals surface area contributed by atoms with Gasteiger partial charge in [-0.3, -0.25) is 4.90 Å². The van der Waals surface area contributed by atoms with Crippen LogP contribution in [0.1, 0.15) is 11.6 Å². The molecule has 2 rings (SSSR count). The normalized spacial score (nSPS) is 18.3. The van der Waals surface area contributed by atoms with E-state index in [0.29, 0.717) is 5.75 Å². The molecule has 1 fully saturated rings. The van der Waals surface area contributed by atoms with Gasteiger partial charge in [0.1, 0.15) is 0 Å². The van der Waals surface area contributed by atoms with Crippen molar-refractivity contribution < 1.29 is 9.84 Å². The number of rotatable bonds is 4. The van der Waals surface area contributed by atoms with Gasteiger partial charge in [-0.15, -0.1) is 6.58 Å². The van der Waals surface area contributed by atoms with Crippen LogP contribution >= 0.6 is 0 Å². The second-order valence-electron chi connectivity index (χ2n) is 4.40. The van der Waals surface area contributed by atoms with E-state index in [9.17, 15) is 5.11 Å². The van der Waals surface area contributed by atoms with Crippen LogP contribution in [0.3, 0.4) is 0 Å². The fraction of sp³-hybridized carbons (Fsp3) is 0.429. The maximum absolute atomic E-state index is 9.84. The van der Waals surface area contributed by atoms with Crippen LogP contribution in [0.2, 0.25) is 0 Å². The molecule has 1 aromatic carbocycles. The molecule has 1 aliphatic heterocycles. The van der Waals surface area contributed by atoms with Gasteiger partial charge in [-0.25, -0.2) is 0 Å². The number of phenols is 1. The van der Waals surface area contributed by atoms with Gasteiger partial charge in [-0.2, -0.15) is 0 Å². The molecule has 1 saturated heterocycles. The minimum atomic E-state index is 0.143. The second-order valence-corrected chi connectivity index (χ2v) is 4.40. The van der Waals surface area contributed by atoms with Crippen molar-refractivity contribution in [1.82, 2.24) is 10.2 Å². The van der Waals surface area contributed by atoms with E-state index in [1.165, 1.54) is 0 Å². The van der Waals surface area contributed by atoms with Gasteiger partial charge >= 0.3 is 0 Å². The summed E-state index contributed by atoms with van der Waals surface area (Å²) in [6.45, 7) is 7.87. The van der Waals surface area contributed by atoms with Gasteiger partial charge in [0.25, 0.3) is 0 Å². The molecular weight excluding hydrogens is 228 g/mol. The summed E-state index contributed by atoms with van der Waals surface area (Å²) in [4.78, 5) is 2.35. The monoisotopic (exact) mass is 248 g/mol. The number of nitrogens with zero attached hydrogens (tertiary/aromatic N) is 1. The van der Waals surface area contributed by atoms with Crippen LogP contribution in [0.4, 0.5) is 0 Å². The maximum atomic E-state index is 9.84. The van der Waals surface area contributed by atoms with Crippen molar-refractivity contribution in [3.63, 3.8) is 0 Å². The predicted octanol–water partition coefficient (Wildman–Crippen LogP) is 1.53. The number of ether oxygens (including phenoxy) is 1. The number of aromatic hydroxyl groups is 1. The summed E-state index contributed by atoms with van der Waals surface area (Å²) < 4.78 is 5.06. The number of benzene rings is 1. The Balaban J connectivity index is 2.21. The van der Waals surface area contributed by atoms with Gasteiger partial charge in [-0.1, -0.05) is 12.1 Å². The molecule has 0 bridgehead atoms. The Morgan fingerprint density at radius 3 is 2.72 bits per heavy atom. The first kappa shape index (κ1) is 12.9. The Kier molecular flexibility index (Phi) is 4.23. The van der Waals surface area contributed by atoms with Crippen molar-refractivity contribution in [2.45, 2.75) is 6.04 Å². The van der Waals surface area contributed by atoms with E-state index >= 15 is 0 Å². The molecule has 1 aliphatic rings. The van der Waals surface area contributed by atoms with E-state index in [0.717, 1.165) is 31.7 Å². The van der Waals surface area contributed by atoms with Gasteiger partial charge in [0.15, 0.2) is 11.5 Å². The summed E-state index contributed by atoms with van der Waals surface area (Å²) in [6.07, 6.45) is 1.92. The van der Waals surface area contributed by atoms with Gasteiger partial charge < -0.3 is 15.2 Å². The molecule has 4 nitrogen and oxygen atoms in total. The summed E-state index contributed by atoms with van der Waals surface area (Å²) >= 11 is 0. The number of hydrogen-bond acceptors (Lipinski definition) is 4. The molecule has 98 valence electrons. The van der Waals surface area contributed by atoms with E-state index in [1.54, 1.807) is 19.2 Å². The molecule has 2 N–H and O–H groups in total. The second kappa shape index (κ2) is 5.89. The van der Waals surface area contributed by atoms with Crippen molar-refractivity contribution in [2.24, 2.45) is 0 Å². The molecule has 1 aromatic rings. The lowest BCUT2D eigenvalue weighted by atomic mass is 10.0. The van der Waals surface area contributed by atoms with Crippen LogP contribution in [-0.4, -0.2) is 43.3 Å². The average molecular weight is 248 g/mol. The van der Waals surface area contributed by atoms with Crippen molar-refractivity contribution in [1.29, 1.82) is 0 Å². The van der Waals surface area contributed by atoms with Crippen LogP contribution in [0.15, 0.2) is 30.9 Å². The van der Waals surface area contributed by atoms with Crippen molar-refractivity contribution in [2.75, 3.05) is 33.3 Å². The number of phenolic OH excluding ortho intramolecular Hbond substituents is 1. The highest BCUT2D eigenvalue weighted by molar-refractivity contribution is 5.43. The van der Waals surface area contributed by atoms with E-state index in [1.807, 2.05) is 12.1 Å². The first-order valence-electron chi connectivity index (χ1n) is 6.20. The molecule has 0 spiro atoms. The van der Waals surface area contributed by atoms with Crippen LogP contribution in [0.5, 0.6) is 11.5 Å². The zero-order chi connectivity index (χ0) is 13.0. The molecule has 0 unspecified atom stereocenters. The van der Waals surface area contributed by atoms with E-state index < -0.39 is 0 Å². The van der Waals surface area contributed by atoms with Gasteiger partial charge in [-0.05, 0) is 17.7 Å². The van der Waals surface area contributed by atoms with Crippen molar-refractivity contribution >= 4 is 0 Å². The van der Waals surface area contributed by atoms with E-state index in [-0.39, 0.29) is 11.8 Å². The smallest absolute Gasteiger partial charge is 0.160 e. The SMILES string of the molecule is C=C[C@@H](c1ccc(OC)c(O)c1)N1CCNCC1. The molecule has 18 heavy (non-hydrogen) atoms. The van der Waals surface area contributed by atoms with E-state index in [2.05, 4.69) is 16.8 Å². The summed E-state index contributed by atoms with van der Waals surface area (Å²) in [6, 6.07) is 5.67. The summed E-state index contributed by atoms with van der Waals surface area (Å²) in [5, 5.41) is 13.2. The zero-order valence-corrected chi connectivity index (χ0v) is 10.7. The van der Waals surface area contributed by atoms with Gasteiger partial charge in [0.2, 0.25) is 0 Å². The Morgan fingerprint density at radius 1 is 1.44 bits per heavy atom. The number of piperazine rings is 1. The lowest BCUT2D eigenvalue weighted by molar-refractivity contribution is 0.203. The maximum Gasteiger partial charge on any atom is 0.160 e. The van der Waals surface area contributed by atoms with Crippen LogP contribution < -0.4 is 10.1 Å². The Bertz CT molecular complexity index is 414. The standard InChI is InChI=1S/C14H20N2O2/c1-3-12(16-8-6-15-7-9-16)11-4-5-14(18-2)13(17)10-11/h3-5,10,12,15,17H,1,6-9H2,2H3/t12-/m0/s1. The highest BCUT2D eigenvalue weighted by Gasteiger charge is 2.20. The molecule has 0 aliphatic carbocycles. The summed E-state index contributed by atoms with van der Waals surface area (Å²) in [5.74, 6) is 0.679. The van der Waals surface area contributed by atoms with E-state index in [4.69, 9.17) is 4.74 Å². The average Bonchev–Trinajstić information content (AvgIpc) is 2.41. The topological polar surface area (TPSA) is 44.7 Å². The fourth-order valence-corrected chi connectivity index (χ4v) is 2.35. The van der Waals surface area contributed by atoms with Gasteiger partial charge in [0, 0.05) is 26.2 Å². The zero-order valence-electron chi connectivity index (χ0n) is 10.7. The number of nitrogens with one attached hydrogen (secondary N) is 1. The molecule has 1 atom stereocenters. The molecular formula is C14H20N2O2. The molecule has 0 saturated carbocycles. The lowest BCUT2D eigenvalue weighted by Crippen LogP contribution is -2.44. The molecule has 0 amide bonds. The Morgan fingerprint density at radius 2 is 2.17 bits per heavy atom.